The standard InChI is InChI=1S/C15H23NO6.C14H21NO7.C12H24O4S2.C11H22O5S2.C9H18O5.C8H18O3S2.C8H18O3.C7H16O4S2.C7H16O4/c1-2-11(17)9-22-10-13(19)4-3-12(18)7-8-16-14(20)5-6-15(16)21;16-7-12(19)9-22-8-11(18)2-1-10(17)5-6-15-13(20)3-4-14(15)21;1-3-10(13)8-16-9-12(15)5-4-11(14)6-7-18-17-2;1-17-18-5-4-9(13)2-3-10(14)7-16-8-11(15)6-12;1-3-7(10)5-14-6-8(11)4-9(12)13-2;1-3-7(9)4-11-5-8(10)6-13-12-2;1-3-7(9)5-11-6-8(10)4-2;1-12-13-5-7(10)4-11-3-6(9)2-8;1-2-6(9)4-11-5-7(10)3-8/h5-6,11,13,17,19H,2-4,7-10H2,1H3;3-4,11-12,16,18-19H,1-2,5-9H2;10,12-13,15H,3-9H2,1-2H3;10-12,14-15H,2-8H2,1H3;7-8,10-11H,3-6H2,1-2H3;7-10H,3-6H2,1-2H3;7-10H,3-6H2,1-2H3;6-10H,2-5H2,1H3;6-10H,2-5H2,1H3. The number of ether oxygens (including phenoxy) is 10. The van der Waals surface area contributed by atoms with Gasteiger partial charge in [-0.1, -0.05) is 135 Å². The summed E-state index contributed by atoms with van der Waals surface area (Å²) in [4.78, 5) is 104. The predicted molar refractivity (Wildman–Crippen MR) is 554 cm³/mol. The maximum absolute atomic E-state index is 11.7. The number of hydrogen-bond donors (Lipinski definition) is 22. The normalized spacial score (nSPS) is 15.8. The minimum absolute atomic E-state index is 0.00807. The summed E-state index contributed by atoms with van der Waals surface area (Å²) in [5.41, 5.74) is 0. The number of hydrogen-bond acceptors (Lipinski definition) is 49. The maximum atomic E-state index is 11.7. The quantitative estimate of drug-likeness (QED) is 0.0173. The zero-order valence-corrected chi connectivity index (χ0v) is 91.4. The van der Waals surface area contributed by atoms with Gasteiger partial charge in [0.05, 0.1) is 244 Å². The third kappa shape index (κ3) is 109. The van der Waals surface area contributed by atoms with Crippen molar-refractivity contribution in [2.24, 2.45) is 0 Å². The number of aliphatic hydroxyl groups is 22. The van der Waals surface area contributed by atoms with Gasteiger partial charge < -0.3 is 160 Å². The maximum Gasteiger partial charge on any atom is 0.308 e. The molecule has 18 atom stereocenters. The molecule has 2 heterocycles. The summed E-state index contributed by atoms with van der Waals surface area (Å²) in [6.07, 6.45) is 8.97. The van der Waals surface area contributed by atoms with E-state index in [0.717, 1.165) is 33.5 Å². The summed E-state index contributed by atoms with van der Waals surface area (Å²) in [5.74, 6) is 0.822. The van der Waals surface area contributed by atoms with Crippen LogP contribution in [-0.2, 0) is 90.5 Å². The average molecular weight is 2210 g/mol. The van der Waals surface area contributed by atoms with Gasteiger partial charge in [0, 0.05) is 112 Å². The number of imide groups is 2. The molecule has 18 unspecified atom stereocenters. The van der Waals surface area contributed by atoms with Crippen LogP contribution in [0.15, 0.2) is 24.3 Å². The van der Waals surface area contributed by atoms with E-state index in [1.807, 2.05) is 73.5 Å². The van der Waals surface area contributed by atoms with E-state index in [4.69, 9.17) is 109 Å². The summed E-state index contributed by atoms with van der Waals surface area (Å²) in [5, 5.41) is 200. The van der Waals surface area contributed by atoms with Crippen LogP contribution in [0.1, 0.15) is 177 Å². The van der Waals surface area contributed by atoms with Crippen molar-refractivity contribution >= 4 is 139 Å². The number of amides is 4. The van der Waals surface area contributed by atoms with Crippen molar-refractivity contribution in [1.29, 1.82) is 0 Å². The Balaban J connectivity index is -0.000000292. The van der Waals surface area contributed by atoms with Gasteiger partial charge in [-0.3, -0.25) is 53.0 Å². The van der Waals surface area contributed by atoms with E-state index in [9.17, 15) is 89.1 Å². The van der Waals surface area contributed by atoms with E-state index in [1.165, 1.54) is 19.3 Å². The van der Waals surface area contributed by atoms with E-state index in [0.29, 0.717) is 121 Å². The Morgan fingerprint density at radius 1 is 0.261 bits per heavy atom. The molecule has 0 bridgehead atoms. The third-order valence-electron chi connectivity index (χ3n) is 18.3. The lowest BCUT2D eigenvalue weighted by Gasteiger charge is -2.14. The van der Waals surface area contributed by atoms with Crippen molar-refractivity contribution in [3.8, 4) is 0 Å². The minimum atomic E-state index is -0.988. The lowest BCUT2D eigenvalue weighted by atomic mass is 10.1. The molecular formula is C91H176N2O41S8. The summed E-state index contributed by atoms with van der Waals surface area (Å²) >= 11 is 0. The van der Waals surface area contributed by atoms with Gasteiger partial charge in [-0.15, -0.1) is 0 Å². The Labute approximate surface area is 870 Å². The highest BCUT2D eigenvalue weighted by Crippen LogP contribution is 2.22. The lowest BCUT2D eigenvalue weighted by molar-refractivity contribution is -0.144. The summed E-state index contributed by atoms with van der Waals surface area (Å²) < 4.78 is 49.6. The largest absolute Gasteiger partial charge is 0.469 e. The molecule has 0 spiro atoms. The Morgan fingerprint density at radius 2 is 0.444 bits per heavy atom. The van der Waals surface area contributed by atoms with Gasteiger partial charge in [0.15, 0.2) is 0 Å². The Bertz CT molecular complexity index is 2780. The van der Waals surface area contributed by atoms with Crippen LogP contribution in [0.2, 0.25) is 0 Å². The lowest BCUT2D eigenvalue weighted by Crippen LogP contribution is -2.32. The van der Waals surface area contributed by atoms with Gasteiger partial charge in [-0.2, -0.15) is 0 Å². The number of methoxy groups -OCH3 is 1. The summed E-state index contributed by atoms with van der Waals surface area (Å²) in [7, 11) is 14.2. The number of Topliss-reactive ketones (excluding diaryl/α,β-unsaturated/α-hetero) is 4. The molecule has 43 nitrogen and oxygen atoms in total. The molecule has 0 saturated carbocycles. The Hall–Kier alpha value is -2.53. The molecule has 22 N–H and O–H groups in total. The first-order valence-corrected chi connectivity index (χ1v) is 58.1. The van der Waals surface area contributed by atoms with Crippen LogP contribution in [0.5, 0.6) is 0 Å². The highest BCUT2D eigenvalue weighted by molar-refractivity contribution is 8.77. The van der Waals surface area contributed by atoms with Crippen LogP contribution < -0.4 is 0 Å². The van der Waals surface area contributed by atoms with Gasteiger partial charge in [-0.05, 0) is 95.7 Å². The predicted octanol–water partition coefficient (Wildman–Crippen LogP) is 0.778. The number of carbonyl (C=O) groups is 9. The van der Waals surface area contributed by atoms with Crippen molar-refractivity contribution < 1.29 is 203 Å². The molecule has 0 aromatic rings. The van der Waals surface area contributed by atoms with Gasteiger partial charge in [-0.25, -0.2) is 0 Å². The summed E-state index contributed by atoms with van der Waals surface area (Å²) in [6.45, 7) is 14.4. The first-order valence-electron chi connectivity index (χ1n) is 47.2. The second-order valence-corrected chi connectivity index (χ2v) is 42.1. The van der Waals surface area contributed by atoms with E-state index >= 15 is 0 Å². The van der Waals surface area contributed by atoms with E-state index < -0.39 is 134 Å². The molecule has 0 aromatic carbocycles. The Morgan fingerprint density at radius 3 is 0.634 bits per heavy atom. The van der Waals surface area contributed by atoms with Crippen LogP contribution in [0, 0.1) is 0 Å². The molecule has 142 heavy (non-hydrogen) atoms. The topological polar surface area (TPSA) is 697 Å². The first-order chi connectivity index (χ1) is 67.5. The monoisotopic (exact) mass is 2210 g/mol. The van der Waals surface area contributed by atoms with Gasteiger partial charge in [0.25, 0.3) is 23.6 Å². The molecule has 0 saturated heterocycles. The van der Waals surface area contributed by atoms with E-state index in [1.54, 1.807) is 86.4 Å². The molecule has 0 aromatic heterocycles. The van der Waals surface area contributed by atoms with Gasteiger partial charge >= 0.3 is 5.97 Å². The summed E-state index contributed by atoms with van der Waals surface area (Å²) in [6, 6.07) is 0. The number of ketones is 4. The minimum Gasteiger partial charge on any atom is -0.469 e. The molecule has 0 aliphatic carbocycles. The number of aliphatic hydroxyl groups excluding tert-OH is 22. The van der Waals surface area contributed by atoms with Crippen molar-refractivity contribution in [2.75, 3.05) is 214 Å². The second-order valence-electron chi connectivity index (χ2n) is 31.5. The van der Waals surface area contributed by atoms with E-state index in [2.05, 4.69) is 4.74 Å². The average Bonchev–Trinajstić information content (AvgIpc) is 1.74. The zero-order chi connectivity index (χ0) is 109. The van der Waals surface area contributed by atoms with Crippen LogP contribution >= 0.6 is 86.4 Å². The van der Waals surface area contributed by atoms with E-state index in [-0.39, 0.29) is 206 Å². The van der Waals surface area contributed by atoms with Crippen LogP contribution in [0.3, 0.4) is 0 Å². The molecule has 0 fully saturated rings. The highest BCUT2D eigenvalue weighted by Gasteiger charge is 2.26. The van der Waals surface area contributed by atoms with Crippen molar-refractivity contribution in [1.82, 2.24) is 9.80 Å². The first kappa shape index (κ1) is 152. The number of rotatable bonds is 81. The van der Waals surface area contributed by atoms with Crippen molar-refractivity contribution in [3.63, 3.8) is 0 Å². The fourth-order valence-electron chi connectivity index (χ4n) is 9.22. The molecule has 2 aliphatic rings. The molecule has 2 rings (SSSR count). The third-order valence-corrected chi connectivity index (χ3v) is 25.7. The van der Waals surface area contributed by atoms with Gasteiger partial charge in [0.1, 0.15) is 47.5 Å². The molecule has 4 amide bonds. The van der Waals surface area contributed by atoms with Crippen molar-refractivity contribution in [3.05, 3.63) is 24.3 Å². The van der Waals surface area contributed by atoms with Crippen molar-refractivity contribution in [2.45, 2.75) is 287 Å². The number of carbonyl (C=O) groups excluding carboxylic acids is 9. The SMILES string of the molecule is CCC(O)COCC(O)CC.CCC(O)COCC(O)CC(=O)OC.CCC(O)COCC(O)CCC(=O)CCN1C(=O)C=CC1=O.CCC(O)COCC(O)CCC(=O)CCSSC.CCC(O)COCC(O)CO.CCC(O)COCC(O)CSSC.CSSCC(O)COCC(O)CO.CSSCCC(=O)CCC(O)COCC(O)CO.O=C(CCC(O)COCC(O)CO)CCN1C(=O)C=CC1=O. The molecule has 844 valence electrons. The second kappa shape index (κ2) is 110. The fourth-order valence-corrected chi connectivity index (χ4v) is 14.2. The fraction of sp³-hybridized carbons (Fsp3) is 0.857. The molecule has 51 heteroatoms. The smallest absolute Gasteiger partial charge is 0.308 e. The molecular weight excluding hydrogens is 2030 g/mol. The Kier molecular flexibility index (Phi) is 118. The molecule has 2 aliphatic heterocycles. The number of nitrogens with zero attached hydrogens (tertiary/aromatic N) is 2. The molecule has 0 radical (unpaired) electrons. The van der Waals surface area contributed by atoms with Crippen LogP contribution in [-0.4, -0.2) is 498 Å². The van der Waals surface area contributed by atoms with Crippen LogP contribution in [0.4, 0.5) is 0 Å². The highest BCUT2D eigenvalue weighted by atomic mass is 33.1. The number of esters is 1. The van der Waals surface area contributed by atoms with Crippen LogP contribution in [0.25, 0.3) is 0 Å². The van der Waals surface area contributed by atoms with Gasteiger partial charge in [0.2, 0.25) is 0 Å². The zero-order valence-electron chi connectivity index (χ0n) is 84.9.